The van der Waals surface area contributed by atoms with Gasteiger partial charge in [-0.25, -0.2) is 9.78 Å². The van der Waals surface area contributed by atoms with Gasteiger partial charge in [-0.2, -0.15) is 0 Å². The summed E-state index contributed by atoms with van der Waals surface area (Å²) in [6, 6.07) is -0.409. The lowest BCUT2D eigenvalue weighted by Gasteiger charge is -2.33. The molecule has 2 atom stereocenters. The molecule has 2 unspecified atom stereocenters. The number of nitrogens with zero attached hydrogens (tertiary/aromatic N) is 3. The molecule has 1 aromatic heterocycles. The summed E-state index contributed by atoms with van der Waals surface area (Å²) < 4.78 is 2.02. The van der Waals surface area contributed by atoms with Gasteiger partial charge in [0.25, 0.3) is 0 Å². The van der Waals surface area contributed by atoms with Crippen molar-refractivity contribution in [3.05, 3.63) is 17.7 Å². The molecule has 0 aliphatic carbocycles. The largest absolute Gasteiger partial charge is 0.480 e. The van der Waals surface area contributed by atoms with Gasteiger partial charge < -0.3 is 14.6 Å². The molecular weight excluding hydrogens is 254 g/mol. The molecule has 0 saturated carbocycles. The maximum atomic E-state index is 11.5. The molecule has 0 bridgehead atoms. The van der Waals surface area contributed by atoms with Gasteiger partial charge in [0.2, 0.25) is 0 Å². The van der Waals surface area contributed by atoms with Crippen LogP contribution >= 0.6 is 0 Å². The van der Waals surface area contributed by atoms with Crippen LogP contribution in [0.1, 0.15) is 56.1 Å². The topological polar surface area (TPSA) is 58.4 Å². The summed E-state index contributed by atoms with van der Waals surface area (Å²) >= 11 is 0. The normalized spacial score (nSPS) is 27.2. The molecule has 5 heteroatoms. The molecule has 5 nitrogen and oxygen atoms in total. The molecule has 3 heterocycles. The molecule has 1 saturated heterocycles. The first-order valence-electron chi connectivity index (χ1n) is 7.72. The van der Waals surface area contributed by atoms with Crippen molar-refractivity contribution in [2.45, 2.75) is 51.0 Å². The van der Waals surface area contributed by atoms with Gasteiger partial charge in [0.05, 0.1) is 0 Å². The number of likely N-dealkylation sites (N-methyl/N-ethyl adjacent to an activating group) is 1. The van der Waals surface area contributed by atoms with Gasteiger partial charge in [-0.15, -0.1) is 0 Å². The molecular formula is C15H23N3O2. The highest BCUT2D eigenvalue weighted by Crippen LogP contribution is 2.33. The molecule has 3 rings (SSSR count). The molecule has 0 radical (unpaired) electrons. The van der Waals surface area contributed by atoms with E-state index in [1.165, 1.54) is 6.42 Å². The maximum absolute atomic E-state index is 11.5. The Kier molecular flexibility index (Phi) is 3.78. The molecule has 1 fully saturated rings. The number of carboxylic acids is 1. The summed E-state index contributed by atoms with van der Waals surface area (Å²) in [6.07, 6.45) is 6.85. The summed E-state index contributed by atoms with van der Waals surface area (Å²) in [4.78, 5) is 18.5. The zero-order valence-electron chi connectivity index (χ0n) is 12.1. The van der Waals surface area contributed by atoms with Crippen LogP contribution in [0.4, 0.5) is 0 Å². The SMILES string of the molecule is CCN1CCCC(c2ncc3n2C(C(=O)O)CCC3)C1. The lowest BCUT2D eigenvalue weighted by Crippen LogP contribution is -2.36. The van der Waals surface area contributed by atoms with Crippen LogP contribution in [0, 0.1) is 0 Å². The Morgan fingerprint density at radius 3 is 3.05 bits per heavy atom. The third kappa shape index (κ3) is 2.35. The quantitative estimate of drug-likeness (QED) is 0.918. The van der Waals surface area contributed by atoms with E-state index in [-0.39, 0.29) is 0 Å². The number of aromatic nitrogens is 2. The summed E-state index contributed by atoms with van der Waals surface area (Å²) in [6.45, 7) is 5.41. The highest BCUT2D eigenvalue weighted by molar-refractivity contribution is 5.72. The molecule has 1 aromatic rings. The van der Waals surface area contributed by atoms with Gasteiger partial charge in [-0.05, 0) is 45.2 Å². The minimum atomic E-state index is -0.714. The number of imidazole rings is 1. The van der Waals surface area contributed by atoms with E-state index >= 15 is 0 Å². The molecule has 2 aliphatic heterocycles. The van der Waals surface area contributed by atoms with Crippen molar-refractivity contribution in [3.8, 4) is 0 Å². The van der Waals surface area contributed by atoms with E-state index in [9.17, 15) is 9.90 Å². The van der Waals surface area contributed by atoms with Gasteiger partial charge >= 0.3 is 5.97 Å². The number of rotatable bonds is 3. The monoisotopic (exact) mass is 277 g/mol. The van der Waals surface area contributed by atoms with Crippen LogP contribution in [-0.2, 0) is 11.2 Å². The minimum Gasteiger partial charge on any atom is -0.480 e. The van der Waals surface area contributed by atoms with Gasteiger partial charge in [0, 0.05) is 24.4 Å². The predicted octanol–water partition coefficient (Wildman–Crippen LogP) is 2.04. The fourth-order valence-electron chi connectivity index (χ4n) is 3.65. The number of hydrogen-bond donors (Lipinski definition) is 1. The zero-order chi connectivity index (χ0) is 14.1. The van der Waals surface area contributed by atoms with E-state index in [2.05, 4.69) is 16.8 Å². The molecule has 0 aromatic carbocycles. The average molecular weight is 277 g/mol. The van der Waals surface area contributed by atoms with Crippen LogP contribution in [0.25, 0.3) is 0 Å². The van der Waals surface area contributed by atoms with E-state index in [0.717, 1.165) is 56.8 Å². The number of aryl methyl sites for hydroxylation is 1. The Hall–Kier alpha value is -1.36. The molecule has 1 N–H and O–H groups in total. The van der Waals surface area contributed by atoms with E-state index in [1.807, 2.05) is 10.8 Å². The van der Waals surface area contributed by atoms with Crippen molar-refractivity contribution >= 4 is 5.97 Å². The zero-order valence-corrected chi connectivity index (χ0v) is 12.1. The Balaban J connectivity index is 1.91. The second-order valence-corrected chi connectivity index (χ2v) is 5.96. The summed E-state index contributed by atoms with van der Waals surface area (Å²) in [5, 5.41) is 9.47. The van der Waals surface area contributed by atoms with Crippen molar-refractivity contribution in [3.63, 3.8) is 0 Å². The summed E-state index contributed by atoms with van der Waals surface area (Å²) in [5.41, 5.74) is 1.10. The molecule has 110 valence electrons. The molecule has 20 heavy (non-hydrogen) atoms. The highest BCUT2D eigenvalue weighted by Gasteiger charge is 2.32. The van der Waals surface area contributed by atoms with Crippen LogP contribution in [0.5, 0.6) is 0 Å². The molecule has 2 aliphatic rings. The Morgan fingerprint density at radius 1 is 1.45 bits per heavy atom. The van der Waals surface area contributed by atoms with Crippen molar-refractivity contribution in [2.24, 2.45) is 0 Å². The van der Waals surface area contributed by atoms with Crippen molar-refractivity contribution in [1.29, 1.82) is 0 Å². The lowest BCUT2D eigenvalue weighted by molar-refractivity contribution is -0.141. The Labute approximate surface area is 119 Å². The second kappa shape index (κ2) is 5.56. The number of carboxylic acid groups (broad SMARTS) is 1. The Morgan fingerprint density at radius 2 is 2.30 bits per heavy atom. The van der Waals surface area contributed by atoms with Gasteiger partial charge in [0.1, 0.15) is 11.9 Å². The van der Waals surface area contributed by atoms with Gasteiger partial charge in [-0.1, -0.05) is 6.92 Å². The van der Waals surface area contributed by atoms with E-state index in [0.29, 0.717) is 5.92 Å². The standard InChI is InChI=1S/C15H23N3O2/c1-2-17-8-4-5-11(10-17)14-16-9-12-6-3-7-13(15(19)20)18(12)14/h9,11,13H,2-8,10H2,1H3,(H,19,20). The fourth-order valence-corrected chi connectivity index (χ4v) is 3.65. The number of likely N-dealkylation sites (tertiary alicyclic amines) is 1. The fraction of sp³-hybridized carbons (Fsp3) is 0.733. The third-order valence-electron chi connectivity index (χ3n) is 4.73. The first kappa shape index (κ1) is 13.6. The number of aliphatic carboxylic acids is 1. The lowest BCUT2D eigenvalue weighted by atomic mass is 9.95. The molecule has 0 amide bonds. The van der Waals surface area contributed by atoms with Crippen molar-refractivity contribution < 1.29 is 9.90 Å². The number of piperidine rings is 1. The van der Waals surface area contributed by atoms with E-state index in [4.69, 9.17) is 0 Å². The minimum absolute atomic E-state index is 0.386. The highest BCUT2D eigenvalue weighted by atomic mass is 16.4. The van der Waals surface area contributed by atoms with Crippen molar-refractivity contribution in [1.82, 2.24) is 14.5 Å². The van der Waals surface area contributed by atoms with Gasteiger partial charge in [-0.3, -0.25) is 0 Å². The van der Waals surface area contributed by atoms with Crippen molar-refractivity contribution in [2.75, 3.05) is 19.6 Å². The Bertz CT molecular complexity index is 497. The first-order valence-corrected chi connectivity index (χ1v) is 7.72. The van der Waals surface area contributed by atoms with E-state index < -0.39 is 12.0 Å². The van der Waals surface area contributed by atoms with Crippen LogP contribution in [0.3, 0.4) is 0 Å². The summed E-state index contributed by atoms with van der Waals surface area (Å²) in [7, 11) is 0. The van der Waals surface area contributed by atoms with Crippen LogP contribution in [0.2, 0.25) is 0 Å². The van der Waals surface area contributed by atoms with E-state index in [1.54, 1.807) is 0 Å². The molecule has 0 spiro atoms. The predicted molar refractivity (Wildman–Crippen MR) is 75.9 cm³/mol. The summed E-state index contributed by atoms with van der Waals surface area (Å²) in [5.74, 6) is 0.677. The first-order chi connectivity index (χ1) is 9.70. The van der Waals surface area contributed by atoms with Crippen LogP contribution < -0.4 is 0 Å². The van der Waals surface area contributed by atoms with Crippen LogP contribution in [0.15, 0.2) is 6.20 Å². The smallest absolute Gasteiger partial charge is 0.326 e. The number of fused-ring (bicyclic) bond motifs is 1. The maximum Gasteiger partial charge on any atom is 0.326 e. The second-order valence-electron chi connectivity index (χ2n) is 5.96. The van der Waals surface area contributed by atoms with Gasteiger partial charge in [0.15, 0.2) is 0 Å². The average Bonchev–Trinajstić information content (AvgIpc) is 2.91. The number of carbonyl (C=O) groups is 1. The van der Waals surface area contributed by atoms with Crippen LogP contribution in [-0.4, -0.2) is 45.2 Å². The third-order valence-corrected chi connectivity index (χ3v) is 4.73. The number of hydrogen-bond acceptors (Lipinski definition) is 3.